The van der Waals surface area contributed by atoms with Gasteiger partial charge in [-0.05, 0) is 58.4 Å². The average molecular weight is 467 g/mol. The molecule has 180 valence electrons. The fourth-order valence-electron chi connectivity index (χ4n) is 3.93. The van der Waals surface area contributed by atoms with E-state index in [1.54, 1.807) is 12.3 Å². The number of carbonyl (C=O) groups is 1. The van der Waals surface area contributed by atoms with Gasteiger partial charge in [-0.2, -0.15) is 0 Å². The van der Waals surface area contributed by atoms with Gasteiger partial charge in [-0.15, -0.1) is 13.2 Å². The second-order valence-electron chi connectivity index (χ2n) is 9.11. The lowest BCUT2D eigenvalue weighted by atomic mass is 9.88. The van der Waals surface area contributed by atoms with Gasteiger partial charge in [0, 0.05) is 18.7 Å². The third-order valence-electron chi connectivity index (χ3n) is 5.32. The Balaban J connectivity index is 1.73. The van der Waals surface area contributed by atoms with Gasteiger partial charge >= 0.3 is 6.36 Å². The highest BCUT2D eigenvalue weighted by Crippen LogP contribution is 2.34. The Morgan fingerprint density at radius 3 is 2.39 bits per heavy atom. The molecule has 3 rings (SSSR count). The summed E-state index contributed by atoms with van der Waals surface area (Å²) in [7, 11) is 0. The minimum Gasteiger partial charge on any atom is -0.406 e. The van der Waals surface area contributed by atoms with Crippen LogP contribution in [0.1, 0.15) is 57.8 Å². The number of amides is 1. The molecule has 33 heavy (non-hydrogen) atoms. The van der Waals surface area contributed by atoms with Crippen molar-refractivity contribution in [1.29, 1.82) is 0 Å². The fourth-order valence-corrected chi connectivity index (χ4v) is 3.93. The molecule has 2 aromatic rings. The first-order chi connectivity index (χ1) is 15.3. The quantitative estimate of drug-likeness (QED) is 0.621. The number of aromatic nitrogens is 2. The standard InChI is InChI=1S/C23H29F3N4O3/c1-13(15-6-8-16(9-7-15)33-23(24,25)26)29-21-27-11-10-18(30-21)19-17(12-28-20(19)31)14(2)32-22(3,4)5/h6-11,13-14,17,19H,12H2,1-5H3,(H,28,31)(H,27,29,30)/t13-,14+,17?,19+/m0/s1. The van der Waals surface area contributed by atoms with E-state index in [2.05, 4.69) is 25.3 Å². The smallest absolute Gasteiger partial charge is 0.406 e. The zero-order valence-electron chi connectivity index (χ0n) is 19.2. The van der Waals surface area contributed by atoms with Gasteiger partial charge in [0.2, 0.25) is 11.9 Å². The number of alkyl halides is 3. The number of rotatable bonds is 7. The zero-order chi connectivity index (χ0) is 24.4. The Kier molecular flexibility index (Phi) is 7.16. The SMILES string of the molecule is C[C@H](Nc1nccc([C@@H]2C(=O)NCC2[C@@H](C)OC(C)(C)C)n1)c1ccc(OC(F)(F)F)cc1. The minimum absolute atomic E-state index is 0.0851. The van der Waals surface area contributed by atoms with Crippen molar-refractivity contribution in [1.82, 2.24) is 15.3 Å². The fraction of sp³-hybridized carbons (Fsp3) is 0.522. The van der Waals surface area contributed by atoms with Crippen molar-refractivity contribution in [3.8, 4) is 5.75 Å². The maximum absolute atomic E-state index is 12.6. The van der Waals surface area contributed by atoms with Gasteiger partial charge in [0.25, 0.3) is 0 Å². The van der Waals surface area contributed by atoms with Crippen LogP contribution in [0.25, 0.3) is 0 Å². The molecule has 1 aromatic heterocycles. The summed E-state index contributed by atoms with van der Waals surface area (Å²) in [5.74, 6) is -0.638. The summed E-state index contributed by atoms with van der Waals surface area (Å²) in [4.78, 5) is 21.4. The van der Waals surface area contributed by atoms with Gasteiger partial charge in [0.05, 0.1) is 29.4 Å². The molecule has 0 radical (unpaired) electrons. The van der Waals surface area contributed by atoms with Gasteiger partial charge < -0.3 is 20.1 Å². The van der Waals surface area contributed by atoms with Crippen LogP contribution in [-0.2, 0) is 9.53 Å². The highest BCUT2D eigenvalue weighted by molar-refractivity contribution is 5.85. The molecule has 1 aromatic carbocycles. The summed E-state index contributed by atoms with van der Waals surface area (Å²) in [6, 6.07) is 7.00. The van der Waals surface area contributed by atoms with Crippen LogP contribution in [0.5, 0.6) is 5.75 Å². The van der Waals surface area contributed by atoms with Crippen molar-refractivity contribution in [3.05, 3.63) is 47.8 Å². The van der Waals surface area contributed by atoms with Crippen molar-refractivity contribution < 1.29 is 27.4 Å². The van der Waals surface area contributed by atoms with Crippen molar-refractivity contribution in [2.75, 3.05) is 11.9 Å². The second kappa shape index (κ2) is 9.54. The number of anilines is 1. The number of hydrogen-bond acceptors (Lipinski definition) is 6. The van der Waals surface area contributed by atoms with Crippen LogP contribution in [-0.4, -0.2) is 40.5 Å². The number of hydrogen-bond donors (Lipinski definition) is 2. The lowest BCUT2D eigenvalue weighted by Crippen LogP contribution is -2.34. The highest BCUT2D eigenvalue weighted by atomic mass is 19.4. The van der Waals surface area contributed by atoms with Gasteiger partial charge in [0.15, 0.2) is 0 Å². The zero-order valence-corrected chi connectivity index (χ0v) is 19.2. The van der Waals surface area contributed by atoms with Crippen LogP contribution in [0.3, 0.4) is 0 Å². The molecule has 7 nitrogen and oxygen atoms in total. The van der Waals surface area contributed by atoms with E-state index < -0.39 is 12.3 Å². The number of halogens is 3. The summed E-state index contributed by atoms with van der Waals surface area (Å²) in [6.45, 7) is 10.2. The minimum atomic E-state index is -4.74. The van der Waals surface area contributed by atoms with Gasteiger partial charge in [-0.25, -0.2) is 9.97 Å². The average Bonchev–Trinajstić information content (AvgIpc) is 3.08. The van der Waals surface area contributed by atoms with Crippen LogP contribution in [0, 0.1) is 5.92 Å². The second-order valence-corrected chi connectivity index (χ2v) is 9.11. The molecule has 1 aliphatic heterocycles. The molecule has 2 N–H and O–H groups in total. The number of ether oxygens (including phenoxy) is 2. The molecule has 10 heteroatoms. The molecule has 0 spiro atoms. The van der Waals surface area contributed by atoms with Crippen LogP contribution in [0.2, 0.25) is 0 Å². The molecule has 1 unspecified atom stereocenters. The Labute approximate surface area is 191 Å². The van der Waals surface area contributed by atoms with E-state index in [9.17, 15) is 18.0 Å². The van der Waals surface area contributed by atoms with Crippen molar-refractivity contribution in [2.24, 2.45) is 5.92 Å². The van der Waals surface area contributed by atoms with E-state index in [-0.39, 0.29) is 35.3 Å². The summed E-state index contributed by atoms with van der Waals surface area (Å²) in [5, 5.41) is 6.04. The first-order valence-electron chi connectivity index (χ1n) is 10.7. The molecule has 1 fully saturated rings. The predicted molar refractivity (Wildman–Crippen MR) is 117 cm³/mol. The maximum Gasteiger partial charge on any atom is 0.573 e. The molecule has 0 bridgehead atoms. The first kappa shape index (κ1) is 24.8. The van der Waals surface area contributed by atoms with Crippen molar-refractivity contribution in [2.45, 2.75) is 64.6 Å². The van der Waals surface area contributed by atoms with Gasteiger partial charge in [0.1, 0.15) is 5.75 Å². The molecule has 2 heterocycles. The maximum atomic E-state index is 12.6. The first-order valence-corrected chi connectivity index (χ1v) is 10.7. The molecular weight excluding hydrogens is 437 g/mol. The third kappa shape index (κ3) is 6.80. The van der Waals surface area contributed by atoms with E-state index in [4.69, 9.17) is 4.74 Å². The van der Waals surface area contributed by atoms with E-state index in [0.717, 1.165) is 5.56 Å². The number of nitrogens with zero attached hydrogens (tertiary/aromatic N) is 2. The number of benzene rings is 1. The lowest BCUT2D eigenvalue weighted by molar-refractivity contribution is -0.274. The normalized spacial score (nSPS) is 20.8. The lowest BCUT2D eigenvalue weighted by Gasteiger charge is -2.30. The van der Waals surface area contributed by atoms with E-state index in [1.807, 2.05) is 34.6 Å². The van der Waals surface area contributed by atoms with Crippen molar-refractivity contribution >= 4 is 11.9 Å². The van der Waals surface area contributed by atoms with E-state index >= 15 is 0 Å². The van der Waals surface area contributed by atoms with Gasteiger partial charge in [-0.3, -0.25) is 4.79 Å². The Morgan fingerprint density at radius 1 is 1.12 bits per heavy atom. The molecule has 1 aliphatic rings. The van der Waals surface area contributed by atoms with E-state index in [0.29, 0.717) is 18.2 Å². The monoisotopic (exact) mass is 466 g/mol. The predicted octanol–water partition coefficient (Wildman–Crippen LogP) is 4.58. The topological polar surface area (TPSA) is 85.4 Å². The molecule has 1 saturated heterocycles. The summed E-state index contributed by atoms with van der Waals surface area (Å²) >= 11 is 0. The Morgan fingerprint density at radius 2 is 1.79 bits per heavy atom. The molecular formula is C23H29F3N4O3. The highest BCUT2D eigenvalue weighted by Gasteiger charge is 2.41. The third-order valence-corrected chi connectivity index (χ3v) is 5.32. The van der Waals surface area contributed by atoms with Crippen molar-refractivity contribution in [3.63, 3.8) is 0 Å². The molecule has 4 atom stereocenters. The molecule has 0 aliphatic carbocycles. The Hall–Kier alpha value is -2.88. The summed E-state index contributed by atoms with van der Waals surface area (Å²) in [5.41, 5.74) is 0.963. The molecule has 0 saturated carbocycles. The van der Waals surface area contributed by atoms with Crippen LogP contribution < -0.4 is 15.4 Å². The Bertz CT molecular complexity index is 961. The number of carbonyl (C=O) groups excluding carboxylic acids is 1. The largest absolute Gasteiger partial charge is 0.573 e. The summed E-state index contributed by atoms with van der Waals surface area (Å²) in [6.07, 6.45) is -3.33. The van der Waals surface area contributed by atoms with Gasteiger partial charge in [-0.1, -0.05) is 12.1 Å². The summed E-state index contributed by atoms with van der Waals surface area (Å²) < 4.78 is 47.0. The van der Waals surface area contributed by atoms with Crippen LogP contribution >= 0.6 is 0 Å². The van der Waals surface area contributed by atoms with E-state index in [1.165, 1.54) is 24.3 Å². The van der Waals surface area contributed by atoms with Crippen LogP contribution in [0.4, 0.5) is 19.1 Å². The van der Waals surface area contributed by atoms with Crippen LogP contribution in [0.15, 0.2) is 36.5 Å². The molecule has 1 amide bonds. The number of nitrogens with one attached hydrogen (secondary N) is 2.